The van der Waals surface area contributed by atoms with Crippen molar-refractivity contribution < 1.29 is 13.5 Å². The Labute approximate surface area is 133 Å². The van der Waals surface area contributed by atoms with Crippen molar-refractivity contribution in [3.63, 3.8) is 0 Å². The highest BCUT2D eigenvalue weighted by molar-refractivity contribution is 7.88. The summed E-state index contributed by atoms with van der Waals surface area (Å²) in [6.45, 7) is 1.85. The number of hydrogen-bond donors (Lipinski definition) is 2. The lowest BCUT2D eigenvalue weighted by molar-refractivity contribution is 0.185. The van der Waals surface area contributed by atoms with E-state index in [0.29, 0.717) is 10.6 Å². The van der Waals surface area contributed by atoms with Crippen LogP contribution in [0, 0.1) is 6.92 Å². The molecule has 21 heavy (non-hydrogen) atoms. The summed E-state index contributed by atoms with van der Waals surface area (Å²) >= 11 is 7.24. The Morgan fingerprint density at radius 3 is 2.76 bits per heavy atom. The van der Waals surface area contributed by atoms with Crippen LogP contribution in [-0.4, -0.2) is 20.1 Å². The molecule has 0 fully saturated rings. The van der Waals surface area contributed by atoms with Crippen molar-refractivity contribution in [3.05, 3.63) is 56.7 Å². The molecule has 1 unspecified atom stereocenters. The van der Waals surface area contributed by atoms with E-state index in [4.69, 9.17) is 11.6 Å². The molecule has 4 nitrogen and oxygen atoms in total. The molecule has 0 saturated heterocycles. The molecule has 7 heteroatoms. The summed E-state index contributed by atoms with van der Waals surface area (Å²) in [5.74, 6) is -0.163. The third-order valence-corrected chi connectivity index (χ3v) is 5.62. The molecule has 2 rings (SSSR count). The van der Waals surface area contributed by atoms with Crippen LogP contribution >= 0.6 is 22.9 Å². The summed E-state index contributed by atoms with van der Waals surface area (Å²) in [4.78, 5) is 0.778. The van der Waals surface area contributed by atoms with Crippen LogP contribution in [-0.2, 0) is 15.8 Å². The van der Waals surface area contributed by atoms with Crippen molar-refractivity contribution in [1.29, 1.82) is 0 Å². The number of thiophene rings is 1. The minimum absolute atomic E-state index is 0.0374. The van der Waals surface area contributed by atoms with E-state index in [0.717, 1.165) is 10.4 Å². The largest absolute Gasteiger partial charge is 0.386 e. The Balaban J connectivity index is 1.97. The average molecular weight is 346 g/mol. The van der Waals surface area contributed by atoms with Gasteiger partial charge in [-0.25, -0.2) is 13.1 Å². The topological polar surface area (TPSA) is 66.4 Å². The minimum Gasteiger partial charge on any atom is -0.386 e. The number of benzene rings is 1. The number of hydrogen-bond acceptors (Lipinski definition) is 4. The normalized spacial score (nSPS) is 13.3. The van der Waals surface area contributed by atoms with E-state index in [1.54, 1.807) is 24.3 Å². The molecule has 0 saturated carbocycles. The van der Waals surface area contributed by atoms with Crippen molar-refractivity contribution in [3.8, 4) is 0 Å². The Bertz CT molecular complexity index is 713. The molecule has 0 aliphatic carbocycles. The molecule has 1 aromatic carbocycles. The summed E-state index contributed by atoms with van der Waals surface area (Å²) in [5.41, 5.74) is 1.57. The van der Waals surface area contributed by atoms with Gasteiger partial charge < -0.3 is 5.11 Å². The van der Waals surface area contributed by atoms with Gasteiger partial charge >= 0.3 is 0 Å². The first-order valence-electron chi connectivity index (χ1n) is 6.31. The third-order valence-electron chi connectivity index (χ3n) is 2.95. The molecule has 0 aliphatic heterocycles. The molecule has 114 valence electrons. The third kappa shape index (κ3) is 4.79. The van der Waals surface area contributed by atoms with Gasteiger partial charge in [0.2, 0.25) is 10.0 Å². The van der Waals surface area contributed by atoms with Gasteiger partial charge in [0.1, 0.15) is 6.10 Å². The highest BCUT2D eigenvalue weighted by Gasteiger charge is 2.17. The van der Waals surface area contributed by atoms with E-state index in [-0.39, 0.29) is 12.3 Å². The molecule has 1 atom stereocenters. The van der Waals surface area contributed by atoms with Crippen LogP contribution in [0.15, 0.2) is 35.7 Å². The molecule has 2 aromatic rings. The first kappa shape index (κ1) is 16.5. The summed E-state index contributed by atoms with van der Waals surface area (Å²) in [6.07, 6.45) is -0.834. The molecular formula is C14H16ClNO3S2. The lowest BCUT2D eigenvalue weighted by atomic mass is 10.2. The van der Waals surface area contributed by atoms with Crippen molar-refractivity contribution >= 4 is 33.0 Å². The molecule has 0 aliphatic rings. The fourth-order valence-corrected chi connectivity index (χ4v) is 4.18. The second-order valence-corrected chi connectivity index (χ2v) is 7.91. The molecule has 0 spiro atoms. The number of halogens is 1. The van der Waals surface area contributed by atoms with Crippen LogP contribution in [0.5, 0.6) is 0 Å². The van der Waals surface area contributed by atoms with Crippen molar-refractivity contribution in [2.45, 2.75) is 18.8 Å². The van der Waals surface area contributed by atoms with Crippen LogP contribution in [0.2, 0.25) is 5.02 Å². The predicted octanol–water partition coefficient (Wildman–Crippen LogP) is 2.86. The maximum absolute atomic E-state index is 12.0. The van der Waals surface area contributed by atoms with Crippen LogP contribution in [0.3, 0.4) is 0 Å². The standard InChI is InChI=1S/C14H16ClNO3S2/c1-10-5-6-20-14(10)13(17)8-16-21(18,19)9-11-3-2-4-12(15)7-11/h2-7,13,16-17H,8-9H2,1H3. The summed E-state index contributed by atoms with van der Waals surface area (Å²) < 4.78 is 26.4. The first-order chi connectivity index (χ1) is 9.87. The predicted molar refractivity (Wildman–Crippen MR) is 86.1 cm³/mol. The molecule has 0 radical (unpaired) electrons. The van der Waals surface area contributed by atoms with Crippen molar-refractivity contribution in [2.24, 2.45) is 0 Å². The number of aliphatic hydroxyl groups excluding tert-OH is 1. The van der Waals surface area contributed by atoms with Gasteiger partial charge in [0.05, 0.1) is 5.75 Å². The Hall–Kier alpha value is -0.920. The van der Waals surface area contributed by atoms with Crippen molar-refractivity contribution in [1.82, 2.24) is 4.72 Å². The molecule has 0 amide bonds. The van der Waals surface area contributed by atoms with Crippen molar-refractivity contribution in [2.75, 3.05) is 6.54 Å². The van der Waals surface area contributed by atoms with Gasteiger partial charge in [-0.3, -0.25) is 0 Å². The van der Waals surface area contributed by atoms with Gasteiger partial charge in [-0.2, -0.15) is 0 Å². The Morgan fingerprint density at radius 2 is 2.14 bits per heavy atom. The lowest BCUT2D eigenvalue weighted by Gasteiger charge is -2.12. The highest BCUT2D eigenvalue weighted by Crippen LogP contribution is 2.23. The molecule has 2 N–H and O–H groups in total. The highest BCUT2D eigenvalue weighted by atomic mass is 35.5. The van der Waals surface area contributed by atoms with Crippen LogP contribution < -0.4 is 4.72 Å². The number of sulfonamides is 1. The van der Waals surface area contributed by atoms with Crippen LogP contribution in [0.25, 0.3) is 0 Å². The second kappa shape index (κ2) is 6.89. The monoisotopic (exact) mass is 345 g/mol. The van der Waals surface area contributed by atoms with E-state index < -0.39 is 16.1 Å². The van der Waals surface area contributed by atoms with Gasteiger partial charge in [0.25, 0.3) is 0 Å². The van der Waals surface area contributed by atoms with Gasteiger partial charge in [0, 0.05) is 16.4 Å². The lowest BCUT2D eigenvalue weighted by Crippen LogP contribution is -2.29. The van der Waals surface area contributed by atoms with E-state index in [9.17, 15) is 13.5 Å². The summed E-state index contributed by atoms with van der Waals surface area (Å²) in [6, 6.07) is 8.60. The number of aryl methyl sites for hydroxylation is 1. The number of rotatable bonds is 6. The second-order valence-electron chi connectivity index (χ2n) is 4.72. The zero-order chi connectivity index (χ0) is 15.5. The summed E-state index contributed by atoms with van der Waals surface area (Å²) in [7, 11) is -3.51. The van der Waals surface area contributed by atoms with Gasteiger partial charge in [-0.1, -0.05) is 23.7 Å². The number of aliphatic hydroxyl groups is 1. The van der Waals surface area contributed by atoms with E-state index in [1.165, 1.54) is 11.3 Å². The average Bonchev–Trinajstić information content (AvgIpc) is 2.82. The van der Waals surface area contributed by atoms with Crippen LogP contribution in [0.4, 0.5) is 0 Å². The maximum atomic E-state index is 12.0. The van der Waals surface area contributed by atoms with Gasteiger partial charge in [-0.05, 0) is 41.6 Å². The molecule has 0 bridgehead atoms. The molecule has 1 heterocycles. The fourth-order valence-electron chi connectivity index (χ4n) is 1.92. The zero-order valence-corrected chi connectivity index (χ0v) is 13.8. The van der Waals surface area contributed by atoms with Crippen LogP contribution in [0.1, 0.15) is 22.1 Å². The van der Waals surface area contributed by atoms with E-state index in [1.807, 2.05) is 18.4 Å². The van der Waals surface area contributed by atoms with E-state index in [2.05, 4.69) is 4.72 Å². The number of nitrogens with one attached hydrogen (secondary N) is 1. The Morgan fingerprint density at radius 1 is 1.38 bits per heavy atom. The van der Waals surface area contributed by atoms with E-state index >= 15 is 0 Å². The first-order valence-corrected chi connectivity index (χ1v) is 9.22. The summed E-state index contributed by atoms with van der Waals surface area (Å²) in [5, 5.41) is 12.4. The minimum atomic E-state index is -3.51. The molecule has 1 aromatic heterocycles. The van der Waals surface area contributed by atoms with Gasteiger partial charge in [0.15, 0.2) is 0 Å². The maximum Gasteiger partial charge on any atom is 0.215 e. The quantitative estimate of drug-likeness (QED) is 0.846. The van der Waals surface area contributed by atoms with Gasteiger partial charge in [-0.15, -0.1) is 11.3 Å². The SMILES string of the molecule is Cc1ccsc1C(O)CNS(=O)(=O)Cc1cccc(Cl)c1. The smallest absolute Gasteiger partial charge is 0.215 e. The fraction of sp³-hybridized carbons (Fsp3) is 0.286. The molecular weight excluding hydrogens is 330 g/mol. The zero-order valence-electron chi connectivity index (χ0n) is 11.4. The Kier molecular flexibility index (Phi) is 5.40.